The minimum atomic E-state index is -4.72. The third-order valence-electron chi connectivity index (χ3n) is 3.30. The molecule has 0 radical (unpaired) electrons. The van der Waals surface area contributed by atoms with E-state index in [9.17, 15) is 22.8 Å². The van der Waals surface area contributed by atoms with Gasteiger partial charge in [0.25, 0.3) is 0 Å². The number of amides is 2. The molecule has 0 saturated heterocycles. The number of alkyl halides is 3. The number of aromatic nitrogens is 3. The monoisotopic (exact) mass is 373 g/mol. The van der Waals surface area contributed by atoms with Crippen LogP contribution in [0.2, 0.25) is 0 Å². The Balaban J connectivity index is 1.71. The molecule has 0 aliphatic carbocycles. The first-order chi connectivity index (χ1) is 12.3. The Bertz CT molecular complexity index is 786. The summed E-state index contributed by atoms with van der Waals surface area (Å²) in [7, 11) is 0.988. The number of para-hydroxylation sites is 1. The topological polar surface area (TPSA) is 90.2 Å². The van der Waals surface area contributed by atoms with Crippen molar-refractivity contribution in [3.63, 3.8) is 0 Å². The van der Waals surface area contributed by atoms with E-state index >= 15 is 0 Å². The van der Waals surface area contributed by atoms with Gasteiger partial charge in [0.2, 0.25) is 5.82 Å². The first-order valence-electron chi connectivity index (χ1n) is 7.69. The fraction of sp³-hybridized carbons (Fsp3) is 0.400. The van der Waals surface area contributed by atoms with Gasteiger partial charge in [-0.25, -0.2) is 14.3 Å². The van der Waals surface area contributed by atoms with Crippen LogP contribution >= 0.6 is 0 Å². The summed E-state index contributed by atoms with van der Waals surface area (Å²) in [6.07, 6.45) is -4.72. The quantitative estimate of drug-likeness (QED) is 0.708. The Morgan fingerprint density at radius 1 is 1.19 bits per heavy atom. The van der Waals surface area contributed by atoms with Crippen molar-refractivity contribution in [2.75, 3.05) is 19.7 Å². The molecule has 26 heavy (non-hydrogen) atoms. The summed E-state index contributed by atoms with van der Waals surface area (Å²) in [6.45, 7) is 0.255. The Morgan fingerprint density at radius 2 is 1.85 bits per heavy atom. The molecule has 142 valence electrons. The minimum absolute atomic E-state index is 0.0560. The molecule has 1 heterocycles. The smallest absolute Gasteiger partial charge is 0.451 e. The van der Waals surface area contributed by atoms with Crippen LogP contribution in [0.25, 0.3) is 0 Å². The van der Waals surface area contributed by atoms with Gasteiger partial charge in [0.05, 0.1) is 13.1 Å². The van der Waals surface area contributed by atoms with Crippen LogP contribution in [0.3, 0.4) is 0 Å². The summed E-state index contributed by atoms with van der Waals surface area (Å²) < 4.78 is 44.4. The third-order valence-corrected chi connectivity index (χ3v) is 3.30. The molecule has 8 nitrogen and oxygen atoms in total. The third kappa shape index (κ3) is 5.26. The van der Waals surface area contributed by atoms with Crippen LogP contribution in [0.1, 0.15) is 5.82 Å². The minimum Gasteiger partial charge on any atom is -0.492 e. The number of ether oxygens (including phenoxy) is 1. The molecule has 2 aromatic rings. The molecule has 1 aromatic heterocycles. The van der Waals surface area contributed by atoms with Crippen molar-refractivity contribution < 1.29 is 22.7 Å². The van der Waals surface area contributed by atoms with Crippen molar-refractivity contribution in [2.24, 2.45) is 7.05 Å². The summed E-state index contributed by atoms with van der Waals surface area (Å²) in [4.78, 5) is 23.3. The molecule has 0 unspecified atom stereocenters. The molecule has 0 aliphatic rings. The molecule has 2 rings (SSSR count). The summed E-state index contributed by atoms with van der Waals surface area (Å²) >= 11 is 0. The van der Waals surface area contributed by atoms with Crippen LogP contribution in [0.4, 0.5) is 18.0 Å². The van der Waals surface area contributed by atoms with Gasteiger partial charge < -0.3 is 15.4 Å². The van der Waals surface area contributed by atoms with Crippen LogP contribution in [-0.4, -0.2) is 40.1 Å². The van der Waals surface area contributed by atoms with E-state index in [4.69, 9.17) is 4.74 Å². The van der Waals surface area contributed by atoms with E-state index in [2.05, 4.69) is 15.7 Å². The predicted molar refractivity (Wildman–Crippen MR) is 85.8 cm³/mol. The number of halogens is 3. The zero-order valence-corrected chi connectivity index (χ0v) is 13.9. The fourth-order valence-electron chi connectivity index (χ4n) is 2.07. The number of hydrogen-bond acceptors (Lipinski definition) is 4. The Labute approximate surface area is 146 Å². The van der Waals surface area contributed by atoms with Crippen molar-refractivity contribution in [1.29, 1.82) is 0 Å². The van der Waals surface area contributed by atoms with E-state index in [-0.39, 0.29) is 26.2 Å². The van der Waals surface area contributed by atoms with Crippen LogP contribution < -0.4 is 21.1 Å². The lowest BCUT2D eigenvalue weighted by molar-refractivity contribution is -0.147. The Morgan fingerprint density at radius 3 is 2.46 bits per heavy atom. The number of carbonyl (C=O) groups is 1. The highest BCUT2D eigenvalue weighted by Gasteiger charge is 2.37. The van der Waals surface area contributed by atoms with Gasteiger partial charge in [0.1, 0.15) is 12.4 Å². The largest absolute Gasteiger partial charge is 0.492 e. The lowest BCUT2D eigenvalue weighted by Gasteiger charge is -2.08. The molecule has 0 fully saturated rings. The molecule has 0 spiro atoms. The molecular weight excluding hydrogens is 355 g/mol. The molecule has 0 atom stereocenters. The van der Waals surface area contributed by atoms with Gasteiger partial charge in [-0.1, -0.05) is 18.2 Å². The molecule has 1 aromatic carbocycles. The Hall–Kier alpha value is -2.98. The maximum atomic E-state index is 12.7. The average Bonchev–Trinajstić information content (AvgIpc) is 2.88. The van der Waals surface area contributed by atoms with Gasteiger partial charge >= 0.3 is 17.9 Å². The summed E-state index contributed by atoms with van der Waals surface area (Å²) in [5.41, 5.74) is -0.907. The number of carbonyl (C=O) groups excluding carboxylic acids is 1. The molecule has 0 saturated carbocycles. The van der Waals surface area contributed by atoms with Crippen LogP contribution in [-0.2, 0) is 19.8 Å². The zero-order valence-electron chi connectivity index (χ0n) is 13.9. The lowest BCUT2D eigenvalue weighted by atomic mass is 10.3. The predicted octanol–water partition coefficient (Wildman–Crippen LogP) is 0.979. The molecular formula is C15H18F3N5O3. The van der Waals surface area contributed by atoms with Gasteiger partial charge in [-0.3, -0.25) is 4.57 Å². The second kappa shape index (κ2) is 8.41. The van der Waals surface area contributed by atoms with Crippen molar-refractivity contribution in [2.45, 2.75) is 12.7 Å². The average molecular weight is 373 g/mol. The van der Waals surface area contributed by atoms with Crippen LogP contribution in [0.15, 0.2) is 35.1 Å². The number of hydrogen-bond donors (Lipinski definition) is 2. The molecule has 2 N–H and O–H groups in total. The number of nitrogens with zero attached hydrogens (tertiary/aromatic N) is 3. The molecule has 0 aliphatic heterocycles. The number of benzene rings is 1. The molecule has 2 amide bonds. The van der Waals surface area contributed by atoms with Gasteiger partial charge in [-0.2, -0.15) is 13.2 Å². The second-order valence-corrected chi connectivity index (χ2v) is 5.23. The lowest BCUT2D eigenvalue weighted by Crippen LogP contribution is -2.40. The van der Waals surface area contributed by atoms with E-state index in [1.807, 2.05) is 18.2 Å². The number of urea groups is 1. The maximum absolute atomic E-state index is 12.7. The SMILES string of the molecule is Cn1c(C(F)(F)F)nn(CCNC(=O)NCCOc2ccccc2)c1=O. The first kappa shape index (κ1) is 19.3. The van der Waals surface area contributed by atoms with Gasteiger partial charge in [-0.15, -0.1) is 5.10 Å². The first-order valence-corrected chi connectivity index (χ1v) is 7.69. The molecule has 0 bridgehead atoms. The van der Waals surface area contributed by atoms with Crippen molar-refractivity contribution in [1.82, 2.24) is 25.0 Å². The maximum Gasteiger partial charge on any atom is 0.451 e. The van der Waals surface area contributed by atoms with E-state index in [1.165, 1.54) is 0 Å². The van der Waals surface area contributed by atoms with E-state index < -0.39 is 23.7 Å². The number of nitrogens with one attached hydrogen (secondary N) is 2. The van der Waals surface area contributed by atoms with Crippen molar-refractivity contribution in [3.8, 4) is 5.75 Å². The fourth-order valence-corrected chi connectivity index (χ4v) is 2.07. The highest BCUT2D eigenvalue weighted by atomic mass is 19.4. The normalized spacial score (nSPS) is 11.2. The summed E-state index contributed by atoms with van der Waals surface area (Å²) in [5, 5.41) is 8.19. The molecule has 11 heteroatoms. The van der Waals surface area contributed by atoms with E-state index in [1.54, 1.807) is 12.1 Å². The van der Waals surface area contributed by atoms with Crippen LogP contribution in [0.5, 0.6) is 5.75 Å². The van der Waals surface area contributed by atoms with Crippen LogP contribution in [0, 0.1) is 0 Å². The second-order valence-electron chi connectivity index (χ2n) is 5.23. The standard InChI is InChI=1S/C15H18F3N5O3/c1-22-12(15(16,17)18)21-23(14(22)25)9-7-19-13(24)20-8-10-26-11-5-3-2-4-6-11/h2-6H,7-10H2,1H3,(H2,19,20,24). The summed E-state index contributed by atoms with van der Waals surface area (Å²) in [6, 6.07) is 8.52. The van der Waals surface area contributed by atoms with E-state index in [0.29, 0.717) is 15.0 Å². The van der Waals surface area contributed by atoms with Gasteiger partial charge in [-0.05, 0) is 12.1 Å². The zero-order chi connectivity index (χ0) is 19.2. The van der Waals surface area contributed by atoms with Crippen molar-refractivity contribution >= 4 is 6.03 Å². The van der Waals surface area contributed by atoms with Crippen molar-refractivity contribution in [3.05, 3.63) is 46.6 Å². The van der Waals surface area contributed by atoms with Gasteiger partial charge in [0, 0.05) is 13.6 Å². The highest BCUT2D eigenvalue weighted by Crippen LogP contribution is 2.25. The summed E-state index contributed by atoms with van der Waals surface area (Å²) in [5.74, 6) is -0.616. The Kier molecular flexibility index (Phi) is 6.26. The van der Waals surface area contributed by atoms with E-state index in [0.717, 1.165) is 7.05 Å². The highest BCUT2D eigenvalue weighted by molar-refractivity contribution is 5.73. The van der Waals surface area contributed by atoms with Gasteiger partial charge in [0.15, 0.2) is 0 Å². The number of rotatable bonds is 7.